The number of esters is 6. The fourth-order valence-corrected chi connectivity index (χ4v) is 6.51. The van der Waals surface area contributed by atoms with Crippen LogP contribution in [0.25, 0.3) is 0 Å². The summed E-state index contributed by atoms with van der Waals surface area (Å²) in [5.41, 5.74) is 1.48. The van der Waals surface area contributed by atoms with Crippen molar-refractivity contribution in [1.29, 1.82) is 0 Å². The van der Waals surface area contributed by atoms with Crippen molar-refractivity contribution in [2.24, 2.45) is 11.8 Å². The molecule has 2 aliphatic heterocycles. The number of carbonyl (C=O) groups is 6. The Kier molecular flexibility index (Phi) is 15.0. The first-order valence-electron chi connectivity index (χ1n) is 17.3. The second kappa shape index (κ2) is 19.4. The van der Waals surface area contributed by atoms with Crippen molar-refractivity contribution in [2.75, 3.05) is 34.0 Å². The van der Waals surface area contributed by atoms with E-state index in [1.165, 1.54) is 35.0 Å². The van der Waals surface area contributed by atoms with Gasteiger partial charge in [0.1, 0.15) is 12.7 Å². The fourth-order valence-electron chi connectivity index (χ4n) is 6.51. The molecule has 2 aromatic rings. The molecule has 0 saturated carbocycles. The molecule has 0 bridgehead atoms. The van der Waals surface area contributed by atoms with Gasteiger partial charge in [-0.2, -0.15) is 0 Å². The van der Waals surface area contributed by atoms with Crippen molar-refractivity contribution >= 4 is 35.8 Å². The van der Waals surface area contributed by atoms with E-state index in [0.717, 1.165) is 26.3 Å². The van der Waals surface area contributed by atoms with Crippen LogP contribution in [0.4, 0.5) is 0 Å². The Morgan fingerprint density at radius 1 is 0.636 bits per heavy atom. The lowest BCUT2D eigenvalue weighted by molar-refractivity contribution is -0.310. The Morgan fingerprint density at radius 2 is 1.20 bits per heavy atom. The molecule has 17 nitrogen and oxygen atoms in total. The molecule has 300 valence electrons. The summed E-state index contributed by atoms with van der Waals surface area (Å²) in [4.78, 5) is 72.1. The lowest BCUT2D eigenvalue weighted by atomic mass is 9.84. The van der Waals surface area contributed by atoms with Gasteiger partial charge in [0.05, 0.1) is 33.5 Å². The monoisotopic (exact) mass is 774 g/mol. The van der Waals surface area contributed by atoms with Gasteiger partial charge in [-0.3, -0.25) is 28.8 Å². The summed E-state index contributed by atoms with van der Waals surface area (Å²) < 4.78 is 62.3. The van der Waals surface area contributed by atoms with E-state index in [2.05, 4.69) is 0 Å². The van der Waals surface area contributed by atoms with Crippen LogP contribution in [0.15, 0.2) is 36.4 Å². The number of hydrogen-bond donors (Lipinski definition) is 0. The molecule has 0 N–H and O–H groups in total. The zero-order valence-corrected chi connectivity index (χ0v) is 31.9. The molecule has 4 rings (SSSR count). The summed E-state index contributed by atoms with van der Waals surface area (Å²) in [6.45, 7) is 6.86. The highest BCUT2D eigenvalue weighted by atomic mass is 16.7. The molecule has 2 fully saturated rings. The molecular formula is C38H46O17. The predicted octanol–water partition coefficient (Wildman–Crippen LogP) is 3.20. The van der Waals surface area contributed by atoms with Crippen LogP contribution in [0, 0.1) is 11.8 Å². The third kappa shape index (κ3) is 11.6. The van der Waals surface area contributed by atoms with Crippen LogP contribution < -0.4 is 18.9 Å². The maximum Gasteiger partial charge on any atom is 0.308 e. The third-order valence-corrected chi connectivity index (χ3v) is 8.63. The van der Waals surface area contributed by atoms with Crippen LogP contribution in [0.3, 0.4) is 0 Å². The van der Waals surface area contributed by atoms with E-state index in [-0.39, 0.29) is 36.4 Å². The number of methoxy groups -OCH3 is 2. The van der Waals surface area contributed by atoms with Gasteiger partial charge in [-0.05, 0) is 47.7 Å². The molecule has 8 unspecified atom stereocenters. The quantitative estimate of drug-likeness (QED) is 0.145. The Morgan fingerprint density at radius 3 is 1.76 bits per heavy atom. The summed E-state index contributed by atoms with van der Waals surface area (Å²) in [5.74, 6) is -3.61. The molecule has 17 heteroatoms. The molecule has 8 atom stereocenters. The van der Waals surface area contributed by atoms with Gasteiger partial charge < -0.3 is 52.1 Å². The van der Waals surface area contributed by atoms with E-state index >= 15 is 0 Å². The van der Waals surface area contributed by atoms with Crippen LogP contribution in [0.5, 0.6) is 23.0 Å². The molecular weight excluding hydrogens is 728 g/mol. The van der Waals surface area contributed by atoms with Gasteiger partial charge in [0.2, 0.25) is 0 Å². The average Bonchev–Trinajstić information content (AvgIpc) is 3.50. The van der Waals surface area contributed by atoms with Crippen LogP contribution in [0.2, 0.25) is 0 Å². The van der Waals surface area contributed by atoms with E-state index in [1.54, 1.807) is 36.4 Å². The Bertz CT molecular complexity index is 1720. The second-order valence-corrected chi connectivity index (χ2v) is 12.9. The number of rotatable bonds is 15. The van der Waals surface area contributed by atoms with Crippen molar-refractivity contribution in [2.45, 2.75) is 84.8 Å². The summed E-state index contributed by atoms with van der Waals surface area (Å²) in [6, 6.07) is 10.2. The number of carbonyl (C=O) groups excluding carboxylic acids is 6. The van der Waals surface area contributed by atoms with Gasteiger partial charge in [0.15, 0.2) is 47.6 Å². The zero-order chi connectivity index (χ0) is 40.4. The number of benzene rings is 2. The Hall–Kier alpha value is -5.26. The van der Waals surface area contributed by atoms with E-state index in [1.807, 2.05) is 0 Å². The van der Waals surface area contributed by atoms with Gasteiger partial charge in [-0.25, -0.2) is 0 Å². The first-order valence-corrected chi connectivity index (χ1v) is 17.3. The maximum atomic E-state index is 12.4. The first-order chi connectivity index (χ1) is 26.1. The highest BCUT2D eigenvalue weighted by Gasteiger charge is 2.53. The van der Waals surface area contributed by atoms with Crippen LogP contribution in [-0.4, -0.2) is 101 Å². The largest absolute Gasteiger partial charge is 0.493 e. The van der Waals surface area contributed by atoms with Crippen molar-refractivity contribution < 1.29 is 80.9 Å². The molecule has 2 aliphatic rings. The van der Waals surface area contributed by atoms with Crippen LogP contribution >= 0.6 is 0 Å². The normalized spacial score (nSPS) is 24.5. The first kappa shape index (κ1) is 42.5. The van der Waals surface area contributed by atoms with Crippen molar-refractivity contribution in [3.05, 3.63) is 47.5 Å². The van der Waals surface area contributed by atoms with Crippen LogP contribution in [-0.2, 0) is 68.3 Å². The highest BCUT2D eigenvalue weighted by Crippen LogP contribution is 2.44. The molecule has 0 spiro atoms. The summed E-state index contributed by atoms with van der Waals surface area (Å²) in [7, 11) is 2.89. The molecule has 2 saturated heterocycles. The number of ether oxygens (including phenoxy) is 11. The molecule has 0 amide bonds. The van der Waals surface area contributed by atoms with Gasteiger partial charge in [-0.1, -0.05) is 12.1 Å². The highest BCUT2D eigenvalue weighted by molar-refractivity contribution is 5.71. The van der Waals surface area contributed by atoms with Crippen molar-refractivity contribution in [3.63, 3.8) is 0 Å². The minimum atomic E-state index is -1.43. The minimum Gasteiger partial charge on any atom is -0.493 e. The third-order valence-electron chi connectivity index (χ3n) is 8.63. The van der Waals surface area contributed by atoms with Crippen molar-refractivity contribution in [1.82, 2.24) is 0 Å². The van der Waals surface area contributed by atoms with Gasteiger partial charge >= 0.3 is 35.8 Å². The van der Waals surface area contributed by atoms with Gasteiger partial charge in [0.25, 0.3) is 0 Å². The summed E-state index contributed by atoms with van der Waals surface area (Å²) >= 11 is 0. The van der Waals surface area contributed by atoms with Crippen molar-refractivity contribution in [3.8, 4) is 23.0 Å². The predicted molar refractivity (Wildman–Crippen MR) is 186 cm³/mol. The fraction of sp³-hybridized carbons (Fsp3) is 0.526. The molecule has 2 heterocycles. The molecule has 0 radical (unpaired) electrons. The molecule has 55 heavy (non-hydrogen) atoms. The molecule has 2 aromatic carbocycles. The van der Waals surface area contributed by atoms with E-state index < -0.39 is 85.2 Å². The van der Waals surface area contributed by atoms with Gasteiger partial charge in [-0.15, -0.1) is 0 Å². The molecule has 0 aromatic heterocycles. The van der Waals surface area contributed by atoms with E-state index in [0.29, 0.717) is 17.7 Å². The average molecular weight is 775 g/mol. The minimum absolute atomic E-state index is 0.0975. The smallest absolute Gasteiger partial charge is 0.308 e. The van der Waals surface area contributed by atoms with Gasteiger partial charge in [0, 0.05) is 47.5 Å². The maximum absolute atomic E-state index is 12.4. The van der Waals surface area contributed by atoms with E-state index in [9.17, 15) is 28.8 Å². The second-order valence-electron chi connectivity index (χ2n) is 12.9. The van der Waals surface area contributed by atoms with E-state index in [4.69, 9.17) is 52.1 Å². The standard InChI is InChI=1S/C38H46O17/c1-19(39)47-18-33-35(52-22(4)42)36(53-23(5)43)37(54-24(6)44)38(55-33)49-17-28-27(13-25-9-11-29(50-20(2)40)31(14-25)45-7)16-48-34(28)26-10-12-30(51-21(3)41)32(15-26)46-8/h9-12,14-15,27-28,33-38H,13,16-18H2,1-8H3. The topological polar surface area (TPSA) is 204 Å². The Balaban J connectivity index is 1.72. The summed E-state index contributed by atoms with van der Waals surface area (Å²) in [6.07, 6.45) is -7.03. The van der Waals surface area contributed by atoms with Crippen LogP contribution in [0.1, 0.15) is 58.8 Å². The lowest BCUT2D eigenvalue weighted by Crippen LogP contribution is -2.63. The SMILES string of the molecule is COc1cc(CC2COC(c3ccc(OC(C)=O)c(OC)c3)C2COC2OC(COC(C)=O)C(OC(C)=O)C(OC(C)=O)C2OC(C)=O)ccc1OC(C)=O. The molecule has 0 aliphatic carbocycles. The number of hydrogen-bond acceptors (Lipinski definition) is 17. The lowest BCUT2D eigenvalue weighted by Gasteiger charge is -2.44. The Labute approximate surface area is 317 Å². The zero-order valence-electron chi connectivity index (χ0n) is 31.9. The summed E-state index contributed by atoms with van der Waals surface area (Å²) in [5, 5.41) is 0.